The van der Waals surface area contributed by atoms with Gasteiger partial charge in [0.25, 0.3) is 0 Å². The second-order valence-corrected chi connectivity index (χ2v) is 14.4. The minimum Gasteiger partial charge on any atom is -0.494 e. The molecule has 0 fully saturated rings. The summed E-state index contributed by atoms with van der Waals surface area (Å²) in [6.45, 7) is 4.93. The van der Waals surface area contributed by atoms with Crippen LogP contribution in [0.25, 0.3) is 22.1 Å². The molecule has 2 aromatic heterocycles. The highest BCUT2D eigenvalue weighted by molar-refractivity contribution is 8.00. The zero-order chi connectivity index (χ0) is 34.4. The van der Waals surface area contributed by atoms with Gasteiger partial charge in [0.1, 0.15) is 11.5 Å². The number of ether oxygens (including phenoxy) is 2. The van der Waals surface area contributed by atoms with Crippen LogP contribution in [0, 0.1) is 0 Å². The van der Waals surface area contributed by atoms with E-state index in [1.54, 1.807) is 24.3 Å². The number of nitrogens with one attached hydrogen (secondary N) is 4. The molecule has 2 heterocycles. The number of carbonyl (C=O) groups excluding carboxylic acids is 2. The van der Waals surface area contributed by atoms with Gasteiger partial charge in [-0.1, -0.05) is 35.7 Å². The largest absolute Gasteiger partial charge is 0.494 e. The van der Waals surface area contributed by atoms with Gasteiger partial charge in [-0.05, 0) is 74.5 Å². The van der Waals surface area contributed by atoms with E-state index in [0.717, 1.165) is 33.6 Å². The number of aromatic amines is 2. The summed E-state index contributed by atoms with van der Waals surface area (Å²) in [7, 11) is -3.97. The molecule has 12 nitrogen and oxygen atoms in total. The fourth-order valence-electron chi connectivity index (χ4n) is 4.86. The first-order valence-corrected chi connectivity index (χ1v) is 18.7. The highest BCUT2D eigenvalue weighted by Gasteiger charge is 2.20. The van der Waals surface area contributed by atoms with Gasteiger partial charge < -0.3 is 30.1 Å². The van der Waals surface area contributed by atoms with Crippen LogP contribution in [0.4, 0.5) is 11.4 Å². The van der Waals surface area contributed by atoms with Crippen molar-refractivity contribution in [2.45, 2.75) is 34.0 Å². The monoisotopic (exact) mass is 716 g/mol. The molecule has 4 aromatic carbocycles. The highest BCUT2D eigenvalue weighted by atomic mass is 32.2. The summed E-state index contributed by atoms with van der Waals surface area (Å²) in [5.41, 5.74) is 3.78. The van der Waals surface area contributed by atoms with Crippen molar-refractivity contribution in [2.24, 2.45) is 0 Å². The normalized spacial score (nSPS) is 11.5. The summed E-state index contributed by atoms with van der Waals surface area (Å²) in [6, 6.07) is 23.1. The first-order valence-electron chi connectivity index (χ1n) is 15.3. The number of benzene rings is 4. The fourth-order valence-corrected chi connectivity index (χ4v) is 7.58. The van der Waals surface area contributed by atoms with Crippen LogP contribution in [0.1, 0.15) is 13.8 Å². The van der Waals surface area contributed by atoms with Crippen molar-refractivity contribution in [1.82, 2.24) is 19.9 Å². The number of imidazole rings is 2. The van der Waals surface area contributed by atoms with Gasteiger partial charge in [-0.15, -0.1) is 0 Å². The number of sulfone groups is 1. The van der Waals surface area contributed by atoms with E-state index in [2.05, 4.69) is 30.6 Å². The molecule has 0 unspecified atom stereocenters. The van der Waals surface area contributed by atoms with Crippen LogP contribution in [-0.2, 0) is 19.4 Å². The second kappa shape index (κ2) is 15.1. The van der Waals surface area contributed by atoms with Crippen molar-refractivity contribution in [3.63, 3.8) is 0 Å². The number of fused-ring (bicyclic) bond motifs is 2. The third-order valence-electron chi connectivity index (χ3n) is 7.02. The Morgan fingerprint density at radius 2 is 1.12 bits per heavy atom. The topological polar surface area (TPSA) is 168 Å². The zero-order valence-corrected chi connectivity index (χ0v) is 28.9. The predicted molar refractivity (Wildman–Crippen MR) is 192 cm³/mol. The third-order valence-corrected chi connectivity index (χ3v) is 10.5. The number of anilines is 2. The van der Waals surface area contributed by atoms with Crippen molar-refractivity contribution < 1.29 is 27.5 Å². The maximum Gasteiger partial charge on any atom is 0.234 e. The highest BCUT2D eigenvalue weighted by Crippen LogP contribution is 2.28. The molecule has 0 spiro atoms. The van der Waals surface area contributed by atoms with Crippen LogP contribution in [-0.4, -0.2) is 64.9 Å². The van der Waals surface area contributed by atoms with E-state index in [4.69, 9.17) is 9.47 Å². The number of rotatable bonds is 14. The first kappa shape index (κ1) is 33.9. The van der Waals surface area contributed by atoms with E-state index in [0.29, 0.717) is 34.9 Å². The van der Waals surface area contributed by atoms with Gasteiger partial charge in [-0.2, -0.15) is 0 Å². The van der Waals surface area contributed by atoms with Gasteiger partial charge in [0.2, 0.25) is 21.7 Å². The van der Waals surface area contributed by atoms with E-state index < -0.39 is 9.84 Å². The van der Waals surface area contributed by atoms with Gasteiger partial charge in [0, 0.05) is 23.5 Å². The van der Waals surface area contributed by atoms with Gasteiger partial charge in [-0.3, -0.25) is 9.59 Å². The molecule has 0 aliphatic heterocycles. The van der Waals surface area contributed by atoms with Gasteiger partial charge in [-0.25, -0.2) is 18.4 Å². The van der Waals surface area contributed by atoms with Crippen molar-refractivity contribution in [2.75, 3.05) is 35.4 Å². The number of H-pyrrole nitrogens is 2. The molecule has 0 bridgehead atoms. The zero-order valence-electron chi connectivity index (χ0n) is 26.5. The van der Waals surface area contributed by atoms with E-state index >= 15 is 0 Å². The summed E-state index contributed by atoms with van der Waals surface area (Å²) in [4.78, 5) is 40.8. The van der Waals surface area contributed by atoms with E-state index in [1.807, 2.05) is 50.2 Å². The number of carbonyl (C=O) groups is 2. The Balaban J connectivity index is 1.05. The van der Waals surface area contributed by atoms with Crippen LogP contribution < -0.4 is 20.1 Å². The Labute approximate surface area is 290 Å². The lowest BCUT2D eigenvalue weighted by Crippen LogP contribution is -2.15. The van der Waals surface area contributed by atoms with Crippen LogP contribution in [0.15, 0.2) is 105 Å². The molecule has 252 valence electrons. The Kier molecular flexibility index (Phi) is 10.4. The third kappa shape index (κ3) is 8.36. The molecule has 49 heavy (non-hydrogen) atoms. The van der Waals surface area contributed by atoms with Gasteiger partial charge >= 0.3 is 0 Å². The molecule has 0 saturated carbocycles. The SMILES string of the molecule is CCOc1ccc2nc(SCC(=O)Nc3cccc(S(=O)(=O)c4cccc(NC(=O)CSc5nc6ccc(OCC)cc6[nH]5)c4)c3)[nH]c2c1. The van der Waals surface area contributed by atoms with Crippen LogP contribution in [0.3, 0.4) is 0 Å². The van der Waals surface area contributed by atoms with Crippen molar-refractivity contribution >= 4 is 78.6 Å². The summed E-state index contributed by atoms with van der Waals surface area (Å²) < 4.78 is 38.2. The maximum absolute atomic E-state index is 13.6. The predicted octanol–water partition coefficient (Wildman–Crippen LogP) is 6.53. The molecular formula is C34H32N6O6S3. The number of nitrogens with zero attached hydrogens (tertiary/aromatic N) is 2. The molecule has 0 radical (unpaired) electrons. The van der Waals surface area contributed by atoms with Crippen molar-refractivity contribution in [3.8, 4) is 11.5 Å². The molecule has 0 aliphatic carbocycles. The van der Waals surface area contributed by atoms with Crippen LogP contribution in [0.2, 0.25) is 0 Å². The van der Waals surface area contributed by atoms with Crippen molar-refractivity contribution in [3.05, 3.63) is 84.9 Å². The lowest BCUT2D eigenvalue weighted by molar-refractivity contribution is -0.114. The van der Waals surface area contributed by atoms with Gasteiger partial charge in [0.05, 0.1) is 56.6 Å². The number of hydrogen-bond donors (Lipinski definition) is 4. The molecule has 15 heteroatoms. The fraction of sp³-hybridized carbons (Fsp3) is 0.176. The molecular weight excluding hydrogens is 685 g/mol. The second-order valence-electron chi connectivity index (χ2n) is 10.5. The van der Waals surface area contributed by atoms with Crippen LogP contribution in [0.5, 0.6) is 11.5 Å². The number of aromatic nitrogens is 4. The molecule has 2 amide bonds. The van der Waals surface area contributed by atoms with E-state index in [9.17, 15) is 18.0 Å². The van der Waals surface area contributed by atoms with E-state index in [-0.39, 0.29) is 33.1 Å². The Morgan fingerprint density at radius 1 is 0.673 bits per heavy atom. The average Bonchev–Trinajstić information content (AvgIpc) is 3.70. The van der Waals surface area contributed by atoms with Gasteiger partial charge in [0.15, 0.2) is 10.3 Å². The quantitative estimate of drug-likeness (QED) is 0.0910. The minimum absolute atomic E-state index is 0.00301. The summed E-state index contributed by atoms with van der Waals surface area (Å²) in [5.74, 6) is 0.920. The molecule has 6 aromatic rings. The standard InChI is InChI=1S/C34H32N6O6S3/c1-3-45-23-11-13-27-29(17-23)39-33(37-27)47-19-31(41)35-21-7-5-9-25(15-21)49(43,44)26-10-6-8-22(16-26)36-32(42)20-48-34-38-28-14-12-24(46-4-2)18-30(28)40-34/h5-18H,3-4,19-20H2,1-2H3,(H,35,41)(H,36,42)(H,37,39)(H,38,40). The lowest BCUT2D eigenvalue weighted by Gasteiger charge is -2.10. The molecule has 0 saturated heterocycles. The lowest BCUT2D eigenvalue weighted by atomic mass is 10.3. The van der Waals surface area contributed by atoms with Crippen molar-refractivity contribution in [1.29, 1.82) is 0 Å². The first-order chi connectivity index (χ1) is 23.7. The molecule has 0 aliphatic rings. The average molecular weight is 717 g/mol. The summed E-state index contributed by atoms with van der Waals surface area (Å²) >= 11 is 2.45. The van der Waals surface area contributed by atoms with E-state index in [1.165, 1.54) is 47.8 Å². The summed E-state index contributed by atoms with van der Waals surface area (Å²) in [5, 5.41) is 6.67. The maximum atomic E-state index is 13.6. The Hall–Kier alpha value is -4.99. The Bertz CT molecular complexity index is 2100. The number of amides is 2. The number of thioether (sulfide) groups is 2. The van der Waals surface area contributed by atoms with Crippen LogP contribution >= 0.6 is 23.5 Å². The summed E-state index contributed by atoms with van der Waals surface area (Å²) in [6.07, 6.45) is 0. The number of hydrogen-bond acceptors (Lipinski definition) is 10. The Morgan fingerprint density at radius 3 is 1.55 bits per heavy atom. The molecule has 0 atom stereocenters. The molecule has 6 rings (SSSR count). The molecule has 4 N–H and O–H groups in total. The smallest absolute Gasteiger partial charge is 0.234 e. The minimum atomic E-state index is -3.97.